The van der Waals surface area contributed by atoms with Gasteiger partial charge in [0, 0.05) is 37.1 Å². The van der Waals surface area contributed by atoms with Crippen LogP contribution >= 0.6 is 11.6 Å². The molecule has 25 heavy (non-hydrogen) atoms. The molecule has 0 unspecified atom stereocenters. The molecule has 0 spiro atoms. The van der Waals surface area contributed by atoms with Crippen LogP contribution in [0.4, 0.5) is 16.2 Å². The van der Waals surface area contributed by atoms with Crippen LogP contribution in [-0.4, -0.2) is 22.1 Å². The fourth-order valence-corrected chi connectivity index (χ4v) is 2.35. The number of urea groups is 1. The number of aromatic nitrogens is 1. The lowest BCUT2D eigenvalue weighted by Gasteiger charge is -2.08. The molecular formula is C16H17ClN4O4. The number of pyridine rings is 1. The quantitative estimate of drug-likeness (QED) is 0.447. The molecule has 0 aliphatic heterocycles. The molecular weight excluding hydrogens is 348 g/mol. The number of nitro groups is 1. The van der Waals surface area contributed by atoms with Gasteiger partial charge >= 0.3 is 6.03 Å². The predicted molar refractivity (Wildman–Crippen MR) is 95.1 cm³/mol. The van der Waals surface area contributed by atoms with E-state index in [1.807, 2.05) is 0 Å². The Bertz CT molecular complexity index is 822. The number of unbranched alkanes of at least 4 members (excludes halogenated alkanes) is 1. The number of carbonyl (C=O) groups is 1. The second kappa shape index (κ2) is 8.84. The van der Waals surface area contributed by atoms with Gasteiger partial charge in [0.15, 0.2) is 0 Å². The van der Waals surface area contributed by atoms with Gasteiger partial charge in [0.2, 0.25) is 5.56 Å². The highest BCUT2D eigenvalue weighted by atomic mass is 35.5. The van der Waals surface area contributed by atoms with Crippen LogP contribution in [0.2, 0.25) is 5.02 Å². The highest BCUT2D eigenvalue weighted by molar-refractivity contribution is 6.32. The van der Waals surface area contributed by atoms with Crippen LogP contribution in [-0.2, 0) is 6.54 Å². The predicted octanol–water partition coefficient (Wildman–Crippen LogP) is 3.01. The molecule has 0 aliphatic carbocycles. The summed E-state index contributed by atoms with van der Waals surface area (Å²) in [4.78, 5) is 33.5. The van der Waals surface area contributed by atoms with Gasteiger partial charge in [-0.15, -0.1) is 0 Å². The van der Waals surface area contributed by atoms with Crippen molar-refractivity contribution in [1.82, 2.24) is 9.88 Å². The van der Waals surface area contributed by atoms with Gasteiger partial charge < -0.3 is 15.2 Å². The van der Waals surface area contributed by atoms with E-state index in [-0.39, 0.29) is 22.0 Å². The first-order valence-corrected chi connectivity index (χ1v) is 7.99. The highest BCUT2D eigenvalue weighted by Crippen LogP contribution is 2.27. The van der Waals surface area contributed by atoms with Gasteiger partial charge in [-0.3, -0.25) is 14.9 Å². The largest absolute Gasteiger partial charge is 0.338 e. The molecule has 0 fully saturated rings. The number of anilines is 1. The third kappa shape index (κ3) is 5.61. The Morgan fingerprint density at radius 3 is 2.76 bits per heavy atom. The van der Waals surface area contributed by atoms with Crippen molar-refractivity contribution in [3.05, 3.63) is 68.1 Å². The molecule has 0 saturated carbocycles. The summed E-state index contributed by atoms with van der Waals surface area (Å²) >= 11 is 5.71. The molecule has 9 heteroatoms. The number of nitro benzene ring substituents is 1. The van der Waals surface area contributed by atoms with Gasteiger partial charge in [-0.25, -0.2) is 4.79 Å². The molecule has 0 saturated heterocycles. The maximum absolute atomic E-state index is 11.8. The van der Waals surface area contributed by atoms with Crippen molar-refractivity contribution in [1.29, 1.82) is 0 Å². The minimum atomic E-state index is -0.614. The van der Waals surface area contributed by atoms with E-state index >= 15 is 0 Å². The summed E-state index contributed by atoms with van der Waals surface area (Å²) in [5.74, 6) is 0. The Labute approximate surface area is 148 Å². The van der Waals surface area contributed by atoms with Crippen molar-refractivity contribution in [2.75, 3.05) is 11.9 Å². The molecule has 8 nitrogen and oxygen atoms in total. The van der Waals surface area contributed by atoms with Gasteiger partial charge in [-0.2, -0.15) is 0 Å². The number of hydrogen-bond donors (Lipinski definition) is 2. The van der Waals surface area contributed by atoms with Gasteiger partial charge in [0.25, 0.3) is 5.69 Å². The van der Waals surface area contributed by atoms with Crippen molar-refractivity contribution in [2.45, 2.75) is 19.4 Å². The van der Waals surface area contributed by atoms with Crippen LogP contribution in [0, 0.1) is 10.1 Å². The van der Waals surface area contributed by atoms with Gasteiger partial charge in [0.05, 0.1) is 4.92 Å². The van der Waals surface area contributed by atoms with Crippen LogP contribution < -0.4 is 16.2 Å². The summed E-state index contributed by atoms with van der Waals surface area (Å²) in [5.41, 5.74) is -0.0465. The number of benzene rings is 1. The van der Waals surface area contributed by atoms with Crippen molar-refractivity contribution in [3.8, 4) is 0 Å². The number of amides is 2. The maximum Gasteiger partial charge on any atom is 0.319 e. The topological polar surface area (TPSA) is 106 Å². The number of halogens is 1. The molecule has 1 aromatic carbocycles. The smallest absolute Gasteiger partial charge is 0.319 e. The Hall–Kier alpha value is -2.87. The molecule has 1 heterocycles. The summed E-state index contributed by atoms with van der Waals surface area (Å²) < 4.78 is 1.60. The van der Waals surface area contributed by atoms with Crippen LogP contribution in [0.1, 0.15) is 12.8 Å². The van der Waals surface area contributed by atoms with Crippen LogP contribution in [0.3, 0.4) is 0 Å². The lowest BCUT2D eigenvalue weighted by molar-refractivity contribution is -0.384. The second-order valence-electron chi connectivity index (χ2n) is 5.24. The first-order chi connectivity index (χ1) is 12.0. The zero-order valence-electron chi connectivity index (χ0n) is 13.3. The van der Waals surface area contributed by atoms with Crippen molar-refractivity contribution in [2.24, 2.45) is 0 Å². The minimum absolute atomic E-state index is 0.00659. The number of nitrogens with zero attached hydrogens (tertiary/aromatic N) is 2. The van der Waals surface area contributed by atoms with E-state index in [0.29, 0.717) is 19.5 Å². The number of rotatable bonds is 7. The van der Waals surface area contributed by atoms with E-state index in [1.165, 1.54) is 24.3 Å². The zero-order chi connectivity index (χ0) is 18.2. The fourth-order valence-electron chi connectivity index (χ4n) is 2.16. The number of nitrogens with one attached hydrogen (secondary N) is 2. The molecule has 132 valence electrons. The first kappa shape index (κ1) is 18.5. The number of carbonyl (C=O) groups excluding carboxylic acids is 1. The van der Waals surface area contributed by atoms with E-state index < -0.39 is 11.0 Å². The Kier molecular flexibility index (Phi) is 6.53. The molecule has 0 radical (unpaired) electrons. The van der Waals surface area contributed by atoms with Crippen LogP contribution in [0.25, 0.3) is 0 Å². The van der Waals surface area contributed by atoms with Crippen molar-refractivity contribution >= 4 is 29.0 Å². The molecule has 1 aromatic heterocycles. The summed E-state index contributed by atoms with van der Waals surface area (Å²) in [6.45, 7) is 0.995. The van der Waals surface area contributed by atoms with Crippen molar-refractivity contribution < 1.29 is 9.72 Å². The van der Waals surface area contributed by atoms with Crippen LogP contribution in [0.5, 0.6) is 0 Å². The molecule has 2 amide bonds. The average Bonchev–Trinajstić information content (AvgIpc) is 2.57. The van der Waals surface area contributed by atoms with E-state index in [4.69, 9.17) is 11.6 Å². The average molecular weight is 365 g/mol. The lowest BCUT2D eigenvalue weighted by Crippen LogP contribution is -2.29. The third-order valence-corrected chi connectivity index (χ3v) is 3.73. The SMILES string of the molecule is O=C(NCCCCn1ccccc1=O)Nc1ccc(Cl)c([N+](=O)[O-])c1. The molecule has 2 aromatic rings. The van der Waals surface area contributed by atoms with Gasteiger partial charge in [-0.05, 0) is 31.0 Å². The van der Waals surface area contributed by atoms with Crippen LogP contribution in [0.15, 0.2) is 47.4 Å². The maximum atomic E-state index is 11.8. The first-order valence-electron chi connectivity index (χ1n) is 7.61. The van der Waals surface area contributed by atoms with Gasteiger partial charge in [-0.1, -0.05) is 17.7 Å². The standard InChI is InChI=1S/C16H17ClN4O4/c17-13-7-6-12(11-14(13)21(24)25)19-16(23)18-8-2-4-10-20-9-3-1-5-15(20)22/h1,3,5-7,9,11H,2,4,8,10H2,(H2,18,19,23). The van der Waals surface area contributed by atoms with E-state index in [2.05, 4.69) is 10.6 Å². The normalized spacial score (nSPS) is 10.3. The summed E-state index contributed by atoms with van der Waals surface area (Å²) in [6.07, 6.45) is 3.14. The number of aryl methyl sites for hydroxylation is 1. The Morgan fingerprint density at radius 1 is 1.24 bits per heavy atom. The van der Waals surface area contributed by atoms with E-state index in [1.54, 1.807) is 22.9 Å². The Balaban J connectivity index is 1.74. The third-order valence-electron chi connectivity index (χ3n) is 3.41. The van der Waals surface area contributed by atoms with Crippen molar-refractivity contribution in [3.63, 3.8) is 0 Å². The van der Waals surface area contributed by atoms with Gasteiger partial charge in [0.1, 0.15) is 5.02 Å². The van der Waals surface area contributed by atoms with E-state index in [0.717, 1.165) is 6.42 Å². The minimum Gasteiger partial charge on any atom is -0.338 e. The fraction of sp³-hybridized carbons (Fsp3) is 0.250. The second-order valence-corrected chi connectivity index (χ2v) is 5.65. The summed E-state index contributed by atoms with van der Waals surface area (Å²) in [5, 5.41) is 16.0. The molecule has 0 aliphatic rings. The van der Waals surface area contributed by atoms with E-state index in [9.17, 15) is 19.7 Å². The summed E-state index contributed by atoms with van der Waals surface area (Å²) in [7, 11) is 0. The lowest BCUT2D eigenvalue weighted by atomic mass is 10.3. The summed E-state index contributed by atoms with van der Waals surface area (Å²) in [6, 6.07) is 8.54. The highest BCUT2D eigenvalue weighted by Gasteiger charge is 2.13. The monoisotopic (exact) mass is 364 g/mol. The molecule has 2 rings (SSSR count). The zero-order valence-corrected chi connectivity index (χ0v) is 14.0. The molecule has 0 atom stereocenters. The molecule has 0 bridgehead atoms. The molecule has 2 N–H and O–H groups in total. The Morgan fingerprint density at radius 2 is 2.04 bits per heavy atom. The number of hydrogen-bond acceptors (Lipinski definition) is 4.